The van der Waals surface area contributed by atoms with Crippen LogP contribution in [-0.2, 0) is 9.53 Å². The monoisotopic (exact) mass is 548 g/mol. The van der Waals surface area contributed by atoms with Gasteiger partial charge in [-0.2, -0.15) is 0 Å². The molecule has 9 nitrogen and oxygen atoms in total. The Morgan fingerprint density at radius 3 is 2.40 bits per heavy atom. The van der Waals surface area contributed by atoms with E-state index in [-0.39, 0.29) is 18.5 Å². The normalized spacial score (nSPS) is 18.3. The highest BCUT2D eigenvalue weighted by Gasteiger charge is 2.39. The largest absolute Gasteiger partial charge is 0.497 e. The third kappa shape index (κ3) is 6.31. The molecule has 4 rings (SSSR count). The maximum absolute atomic E-state index is 13.5. The van der Waals surface area contributed by atoms with Gasteiger partial charge in [0.2, 0.25) is 0 Å². The third-order valence-electron chi connectivity index (χ3n) is 7.57. The van der Waals surface area contributed by atoms with Crippen molar-refractivity contribution in [1.29, 1.82) is 0 Å². The van der Waals surface area contributed by atoms with Gasteiger partial charge in [0.15, 0.2) is 0 Å². The van der Waals surface area contributed by atoms with Crippen LogP contribution in [0.1, 0.15) is 53.4 Å². The molecule has 2 aliphatic rings. The van der Waals surface area contributed by atoms with Crippen LogP contribution in [-0.4, -0.2) is 85.6 Å². The highest BCUT2D eigenvalue weighted by Crippen LogP contribution is 2.34. The molecule has 1 fully saturated rings. The molecule has 2 aliphatic heterocycles. The summed E-state index contributed by atoms with van der Waals surface area (Å²) in [6.45, 7) is 11.3. The van der Waals surface area contributed by atoms with Crippen LogP contribution in [0.25, 0.3) is 0 Å². The molecule has 0 saturated carbocycles. The zero-order chi connectivity index (χ0) is 28.8. The van der Waals surface area contributed by atoms with Crippen LogP contribution >= 0.6 is 0 Å². The SMILES string of the molecule is CCOC(=O)C1=C(CN2CCCN(C(=O)c3ccc(OC)cc3)CC2)N(CC)C(=O)NC1c1ccc(C)cc1C. The van der Waals surface area contributed by atoms with Gasteiger partial charge < -0.3 is 19.7 Å². The van der Waals surface area contributed by atoms with E-state index >= 15 is 0 Å². The second-order valence-electron chi connectivity index (χ2n) is 10.2. The van der Waals surface area contributed by atoms with Crippen molar-refractivity contribution < 1.29 is 23.9 Å². The number of carbonyl (C=O) groups excluding carboxylic acids is 3. The van der Waals surface area contributed by atoms with Crippen LogP contribution in [0.2, 0.25) is 0 Å². The van der Waals surface area contributed by atoms with Gasteiger partial charge in [-0.25, -0.2) is 9.59 Å². The number of aryl methyl sites for hydroxylation is 2. The number of methoxy groups -OCH3 is 1. The quantitative estimate of drug-likeness (QED) is 0.501. The molecule has 1 N–H and O–H groups in total. The van der Waals surface area contributed by atoms with E-state index in [0.29, 0.717) is 55.3 Å². The summed E-state index contributed by atoms with van der Waals surface area (Å²) in [5.74, 6) is 0.269. The fourth-order valence-electron chi connectivity index (χ4n) is 5.50. The smallest absolute Gasteiger partial charge is 0.338 e. The first kappa shape index (κ1) is 29.1. The van der Waals surface area contributed by atoms with E-state index in [4.69, 9.17) is 9.47 Å². The van der Waals surface area contributed by atoms with Gasteiger partial charge >= 0.3 is 12.0 Å². The van der Waals surface area contributed by atoms with Crippen molar-refractivity contribution in [3.63, 3.8) is 0 Å². The number of hydrogen-bond acceptors (Lipinski definition) is 6. The first-order valence-corrected chi connectivity index (χ1v) is 14.0. The molecular formula is C31H40N4O5. The highest BCUT2D eigenvalue weighted by atomic mass is 16.5. The fraction of sp³-hybridized carbons (Fsp3) is 0.452. The molecular weight excluding hydrogens is 508 g/mol. The van der Waals surface area contributed by atoms with Crippen LogP contribution in [0.4, 0.5) is 4.79 Å². The van der Waals surface area contributed by atoms with Gasteiger partial charge in [-0.05, 0) is 69.5 Å². The molecule has 3 amide bonds. The summed E-state index contributed by atoms with van der Waals surface area (Å²) in [6.07, 6.45) is 0.780. The van der Waals surface area contributed by atoms with Gasteiger partial charge in [0.1, 0.15) is 5.75 Å². The van der Waals surface area contributed by atoms with Crippen molar-refractivity contribution in [2.75, 3.05) is 53.0 Å². The maximum Gasteiger partial charge on any atom is 0.338 e. The van der Waals surface area contributed by atoms with Crippen molar-refractivity contribution in [3.8, 4) is 5.75 Å². The Bertz CT molecular complexity index is 1270. The van der Waals surface area contributed by atoms with Crippen molar-refractivity contribution in [1.82, 2.24) is 20.0 Å². The number of ether oxygens (including phenoxy) is 2. The Kier molecular flexibility index (Phi) is 9.47. The number of esters is 1. The van der Waals surface area contributed by atoms with E-state index in [1.807, 2.05) is 37.8 Å². The van der Waals surface area contributed by atoms with E-state index in [1.54, 1.807) is 43.2 Å². The number of likely N-dealkylation sites (N-methyl/N-ethyl adjacent to an activating group) is 1. The van der Waals surface area contributed by atoms with Crippen LogP contribution in [0.5, 0.6) is 5.75 Å². The predicted octanol–water partition coefficient (Wildman–Crippen LogP) is 4.06. The summed E-state index contributed by atoms with van der Waals surface area (Å²) in [7, 11) is 1.60. The van der Waals surface area contributed by atoms with Gasteiger partial charge in [-0.1, -0.05) is 23.8 Å². The molecule has 40 heavy (non-hydrogen) atoms. The van der Waals surface area contributed by atoms with E-state index in [0.717, 1.165) is 29.7 Å². The molecule has 2 heterocycles. The van der Waals surface area contributed by atoms with Crippen LogP contribution in [0.15, 0.2) is 53.7 Å². The molecule has 214 valence electrons. The topological polar surface area (TPSA) is 91.4 Å². The molecule has 2 aromatic rings. The number of nitrogens with zero attached hydrogens (tertiary/aromatic N) is 3. The van der Waals surface area contributed by atoms with Gasteiger partial charge in [0.25, 0.3) is 5.91 Å². The van der Waals surface area contributed by atoms with Crippen molar-refractivity contribution in [2.45, 2.75) is 40.2 Å². The Hall–Kier alpha value is -3.85. The molecule has 0 aliphatic carbocycles. The van der Waals surface area contributed by atoms with E-state index in [9.17, 15) is 14.4 Å². The number of amides is 3. The van der Waals surface area contributed by atoms with Crippen LogP contribution in [0, 0.1) is 13.8 Å². The molecule has 0 spiro atoms. The maximum atomic E-state index is 13.5. The Labute approximate surface area is 236 Å². The molecule has 1 saturated heterocycles. The molecule has 1 atom stereocenters. The lowest BCUT2D eigenvalue weighted by molar-refractivity contribution is -0.139. The van der Waals surface area contributed by atoms with Crippen molar-refractivity contribution >= 4 is 17.9 Å². The summed E-state index contributed by atoms with van der Waals surface area (Å²) in [5, 5.41) is 3.06. The molecule has 1 unspecified atom stereocenters. The predicted molar refractivity (Wildman–Crippen MR) is 153 cm³/mol. The summed E-state index contributed by atoms with van der Waals surface area (Å²) in [5.41, 5.74) is 4.73. The fourth-order valence-corrected chi connectivity index (χ4v) is 5.50. The standard InChI is InChI=1S/C31H40N4O5/c1-6-35-26(20-33-15-8-16-34(18-17-33)29(36)23-10-12-24(39-5)13-11-23)27(30(37)40-7-2)28(32-31(35)38)25-14-9-21(3)19-22(25)4/h9-14,19,28H,6-8,15-18,20H2,1-5H3,(H,32,38). The Balaban J connectivity index is 1.62. The zero-order valence-electron chi connectivity index (χ0n) is 24.2. The molecule has 0 aromatic heterocycles. The molecule has 0 radical (unpaired) electrons. The second-order valence-corrected chi connectivity index (χ2v) is 10.2. The summed E-state index contributed by atoms with van der Waals surface area (Å²) < 4.78 is 10.7. The lowest BCUT2D eigenvalue weighted by atomic mass is 9.90. The number of hydrogen-bond donors (Lipinski definition) is 1. The van der Waals surface area contributed by atoms with E-state index in [2.05, 4.69) is 16.3 Å². The lowest BCUT2D eigenvalue weighted by Gasteiger charge is -2.38. The van der Waals surface area contributed by atoms with Crippen LogP contribution < -0.4 is 10.1 Å². The van der Waals surface area contributed by atoms with E-state index in [1.165, 1.54) is 0 Å². The number of nitrogens with one attached hydrogen (secondary N) is 1. The number of benzene rings is 2. The average molecular weight is 549 g/mol. The molecule has 0 bridgehead atoms. The van der Waals surface area contributed by atoms with E-state index < -0.39 is 12.0 Å². The van der Waals surface area contributed by atoms with Gasteiger partial charge in [-0.15, -0.1) is 0 Å². The first-order valence-electron chi connectivity index (χ1n) is 14.0. The first-order chi connectivity index (χ1) is 19.3. The van der Waals surface area contributed by atoms with Crippen molar-refractivity contribution in [2.24, 2.45) is 0 Å². The minimum Gasteiger partial charge on any atom is -0.497 e. The highest BCUT2D eigenvalue weighted by molar-refractivity contribution is 5.95. The van der Waals surface area contributed by atoms with Gasteiger partial charge in [-0.3, -0.25) is 14.6 Å². The Morgan fingerprint density at radius 1 is 1.00 bits per heavy atom. The van der Waals surface area contributed by atoms with Crippen molar-refractivity contribution in [3.05, 3.63) is 76.0 Å². The lowest BCUT2D eigenvalue weighted by Crippen LogP contribution is -2.51. The average Bonchev–Trinajstić information content (AvgIpc) is 3.18. The molecule has 2 aromatic carbocycles. The number of rotatable bonds is 8. The second kappa shape index (κ2) is 13.0. The number of urea groups is 1. The van der Waals surface area contributed by atoms with Crippen LogP contribution in [0.3, 0.4) is 0 Å². The number of carbonyl (C=O) groups is 3. The molecule has 9 heteroatoms. The summed E-state index contributed by atoms with van der Waals surface area (Å²) in [4.78, 5) is 45.7. The zero-order valence-corrected chi connectivity index (χ0v) is 24.2. The minimum atomic E-state index is -0.606. The summed E-state index contributed by atoms with van der Waals surface area (Å²) >= 11 is 0. The Morgan fingerprint density at radius 2 is 1.75 bits per heavy atom. The minimum absolute atomic E-state index is 0.0157. The van der Waals surface area contributed by atoms with Gasteiger partial charge in [0, 0.05) is 50.5 Å². The third-order valence-corrected chi connectivity index (χ3v) is 7.57. The van der Waals surface area contributed by atoms with Gasteiger partial charge in [0.05, 0.1) is 25.3 Å². The summed E-state index contributed by atoms with van der Waals surface area (Å²) in [6, 6.07) is 12.3.